The molecule has 0 heterocycles. The summed E-state index contributed by atoms with van der Waals surface area (Å²) >= 11 is 0. The molecule has 0 saturated heterocycles. The number of likely N-dealkylation sites (N-methyl/N-ethyl adjacent to an activating group) is 1. The van der Waals surface area contributed by atoms with Gasteiger partial charge in [-0.05, 0) is 37.6 Å². The topological polar surface area (TPSA) is 86.8 Å². The van der Waals surface area contributed by atoms with Gasteiger partial charge in [0, 0.05) is 13.6 Å². The fourth-order valence-corrected chi connectivity index (χ4v) is 4.09. The van der Waals surface area contributed by atoms with Gasteiger partial charge in [-0.1, -0.05) is 35.9 Å². The third kappa shape index (κ3) is 6.95. The van der Waals surface area contributed by atoms with E-state index in [9.17, 15) is 31.2 Å². The average Bonchev–Trinajstić information content (AvgIpc) is 2.73. The average molecular weight is 486 g/mol. The number of anilines is 1. The van der Waals surface area contributed by atoms with Crippen LogP contribution in [0.3, 0.4) is 0 Å². The highest BCUT2D eigenvalue weighted by molar-refractivity contribution is 7.92. The van der Waals surface area contributed by atoms with Gasteiger partial charge in [0.05, 0.1) is 17.5 Å². The van der Waals surface area contributed by atoms with Crippen molar-refractivity contribution in [2.45, 2.75) is 32.6 Å². The minimum Gasteiger partial charge on any atom is -0.357 e. The number of benzene rings is 2. The molecular formula is C22H26F3N3O4S. The molecule has 0 fully saturated rings. The van der Waals surface area contributed by atoms with E-state index in [-0.39, 0.29) is 12.2 Å². The number of amides is 2. The summed E-state index contributed by atoms with van der Waals surface area (Å²) in [4.78, 5) is 26.7. The van der Waals surface area contributed by atoms with Crippen LogP contribution in [0, 0.1) is 6.92 Å². The van der Waals surface area contributed by atoms with E-state index < -0.39 is 46.2 Å². The molecule has 7 nitrogen and oxygen atoms in total. The summed E-state index contributed by atoms with van der Waals surface area (Å²) in [5, 5.41) is 2.45. The summed E-state index contributed by atoms with van der Waals surface area (Å²) in [7, 11) is -2.72. The van der Waals surface area contributed by atoms with E-state index in [0.717, 1.165) is 24.0 Å². The number of carbonyl (C=O) groups excluding carboxylic acids is 2. The molecule has 2 rings (SSSR count). The zero-order chi connectivity index (χ0) is 25.0. The molecule has 180 valence electrons. The molecular weight excluding hydrogens is 459 g/mol. The molecule has 0 aliphatic heterocycles. The molecule has 0 saturated carbocycles. The van der Waals surface area contributed by atoms with Crippen LogP contribution < -0.4 is 9.62 Å². The maximum absolute atomic E-state index is 13.2. The molecule has 0 bridgehead atoms. The lowest BCUT2D eigenvalue weighted by atomic mass is 10.1. The van der Waals surface area contributed by atoms with E-state index in [1.54, 1.807) is 12.1 Å². The van der Waals surface area contributed by atoms with Crippen molar-refractivity contribution in [3.8, 4) is 0 Å². The maximum atomic E-state index is 13.2. The van der Waals surface area contributed by atoms with Crippen molar-refractivity contribution in [2.24, 2.45) is 0 Å². The first-order valence-corrected chi connectivity index (χ1v) is 11.8. The Morgan fingerprint density at radius 1 is 1.09 bits per heavy atom. The first-order chi connectivity index (χ1) is 15.2. The number of sulfonamides is 1. The molecule has 0 radical (unpaired) electrons. The van der Waals surface area contributed by atoms with Crippen molar-refractivity contribution in [3.05, 3.63) is 65.2 Å². The largest absolute Gasteiger partial charge is 0.416 e. The molecule has 1 atom stereocenters. The molecule has 2 amide bonds. The summed E-state index contributed by atoms with van der Waals surface area (Å²) in [6.07, 6.45) is -3.89. The zero-order valence-electron chi connectivity index (χ0n) is 18.7. The van der Waals surface area contributed by atoms with Crippen molar-refractivity contribution in [1.82, 2.24) is 10.2 Å². The molecule has 0 aromatic heterocycles. The quantitative estimate of drug-likeness (QED) is 0.623. The monoisotopic (exact) mass is 485 g/mol. The van der Waals surface area contributed by atoms with Crippen LogP contribution in [0.25, 0.3) is 0 Å². The number of aryl methyl sites for hydroxylation is 1. The number of alkyl halides is 3. The Morgan fingerprint density at radius 2 is 1.73 bits per heavy atom. The fourth-order valence-electron chi connectivity index (χ4n) is 3.25. The highest BCUT2D eigenvalue weighted by Gasteiger charge is 2.33. The second kappa shape index (κ2) is 10.2. The van der Waals surface area contributed by atoms with E-state index in [1.165, 1.54) is 24.9 Å². The first kappa shape index (κ1) is 26.2. The van der Waals surface area contributed by atoms with Crippen molar-refractivity contribution in [2.75, 3.05) is 24.2 Å². The van der Waals surface area contributed by atoms with Crippen LogP contribution in [-0.2, 0) is 32.3 Å². The second-order valence-corrected chi connectivity index (χ2v) is 9.53. The molecule has 0 aliphatic rings. The van der Waals surface area contributed by atoms with Gasteiger partial charge < -0.3 is 10.2 Å². The summed E-state index contributed by atoms with van der Waals surface area (Å²) in [6, 6.07) is 9.98. The van der Waals surface area contributed by atoms with Gasteiger partial charge in [-0.3, -0.25) is 13.9 Å². The second-order valence-electron chi connectivity index (χ2n) is 7.62. The third-order valence-electron chi connectivity index (χ3n) is 4.99. The number of carbonyl (C=O) groups is 2. The van der Waals surface area contributed by atoms with E-state index in [4.69, 9.17) is 0 Å². The van der Waals surface area contributed by atoms with Crippen molar-refractivity contribution in [1.29, 1.82) is 0 Å². The smallest absolute Gasteiger partial charge is 0.357 e. The number of rotatable bonds is 8. The predicted octanol–water partition coefficient (Wildman–Crippen LogP) is 2.94. The van der Waals surface area contributed by atoms with E-state index in [2.05, 4.69) is 5.32 Å². The van der Waals surface area contributed by atoms with Crippen LogP contribution in [0.15, 0.2) is 48.5 Å². The summed E-state index contributed by atoms with van der Waals surface area (Å²) < 4.78 is 64.8. The van der Waals surface area contributed by atoms with E-state index in [1.807, 2.05) is 19.1 Å². The number of hydrogen-bond acceptors (Lipinski definition) is 4. The Balaban J connectivity index is 2.43. The molecule has 0 spiro atoms. The van der Waals surface area contributed by atoms with Crippen LogP contribution in [0.2, 0.25) is 0 Å². The summed E-state index contributed by atoms with van der Waals surface area (Å²) in [6.45, 7) is 2.58. The Hall–Kier alpha value is -3.08. The number of nitrogens with one attached hydrogen (secondary N) is 1. The Kier molecular flexibility index (Phi) is 8.12. The van der Waals surface area contributed by atoms with E-state index >= 15 is 0 Å². The van der Waals surface area contributed by atoms with Gasteiger partial charge in [0.25, 0.3) is 0 Å². The van der Waals surface area contributed by atoms with Crippen LogP contribution in [0.4, 0.5) is 18.9 Å². The third-order valence-corrected chi connectivity index (χ3v) is 6.13. The van der Waals surface area contributed by atoms with Gasteiger partial charge >= 0.3 is 6.18 Å². The molecule has 1 N–H and O–H groups in total. The van der Waals surface area contributed by atoms with Crippen LogP contribution >= 0.6 is 0 Å². The number of halogens is 3. The molecule has 0 unspecified atom stereocenters. The van der Waals surface area contributed by atoms with Gasteiger partial charge in [0.15, 0.2) is 0 Å². The molecule has 0 aliphatic carbocycles. The van der Waals surface area contributed by atoms with Gasteiger partial charge in [-0.15, -0.1) is 0 Å². The molecule has 33 heavy (non-hydrogen) atoms. The Bertz CT molecular complexity index is 1120. The highest BCUT2D eigenvalue weighted by Crippen LogP contribution is 2.32. The lowest BCUT2D eigenvalue weighted by molar-refractivity contribution is -0.139. The summed E-state index contributed by atoms with van der Waals surface area (Å²) in [5.74, 6) is -1.21. The SMILES string of the molecule is CNC(=O)[C@H](C)N(Cc1cccc(C)c1)C(=O)CN(c1cccc(C(F)(F)F)c1)S(C)(=O)=O. The standard InChI is InChI=1S/C22H26F3N3O4S/c1-15-7-5-8-17(11-15)13-27(16(2)21(30)26-3)20(29)14-28(33(4,31)32)19-10-6-9-18(12-19)22(23,24)25/h5-12,16H,13-14H2,1-4H3,(H,26,30)/t16-/m0/s1. The fraction of sp³-hybridized carbons (Fsp3) is 0.364. The summed E-state index contributed by atoms with van der Waals surface area (Å²) in [5.41, 5.74) is 0.290. The molecule has 11 heteroatoms. The van der Waals surface area contributed by atoms with Crippen molar-refractivity contribution >= 4 is 27.5 Å². The van der Waals surface area contributed by atoms with Gasteiger partial charge in [-0.2, -0.15) is 13.2 Å². The lowest BCUT2D eigenvalue weighted by Gasteiger charge is -2.31. The minimum absolute atomic E-state index is 0.00922. The van der Waals surface area contributed by atoms with E-state index in [0.29, 0.717) is 15.9 Å². The van der Waals surface area contributed by atoms with Crippen LogP contribution in [-0.4, -0.2) is 51.0 Å². The highest BCUT2D eigenvalue weighted by atomic mass is 32.2. The van der Waals surface area contributed by atoms with Crippen LogP contribution in [0.1, 0.15) is 23.6 Å². The Labute approximate surface area is 191 Å². The van der Waals surface area contributed by atoms with Gasteiger partial charge in [-0.25, -0.2) is 8.42 Å². The van der Waals surface area contributed by atoms with Crippen LogP contribution in [0.5, 0.6) is 0 Å². The Morgan fingerprint density at radius 3 is 2.27 bits per heavy atom. The lowest BCUT2D eigenvalue weighted by Crippen LogP contribution is -2.50. The minimum atomic E-state index is -4.69. The number of hydrogen-bond donors (Lipinski definition) is 1. The molecule has 2 aromatic rings. The van der Waals surface area contributed by atoms with Gasteiger partial charge in [0.1, 0.15) is 12.6 Å². The number of nitrogens with zero attached hydrogens (tertiary/aromatic N) is 2. The van der Waals surface area contributed by atoms with Crippen molar-refractivity contribution in [3.63, 3.8) is 0 Å². The van der Waals surface area contributed by atoms with Crippen molar-refractivity contribution < 1.29 is 31.2 Å². The molecule has 2 aromatic carbocycles. The first-order valence-electron chi connectivity index (χ1n) is 9.95. The predicted molar refractivity (Wildman–Crippen MR) is 119 cm³/mol. The van der Waals surface area contributed by atoms with Gasteiger partial charge in [0.2, 0.25) is 21.8 Å². The maximum Gasteiger partial charge on any atom is 0.416 e. The normalized spacial score (nSPS) is 12.7. The zero-order valence-corrected chi connectivity index (χ0v) is 19.5.